The van der Waals surface area contributed by atoms with E-state index in [4.69, 9.17) is 4.74 Å². The number of carbonyl (C=O) groups is 1. The van der Waals surface area contributed by atoms with Gasteiger partial charge >= 0.3 is 0 Å². The molecule has 0 saturated carbocycles. The second-order valence-corrected chi connectivity index (χ2v) is 6.95. The van der Waals surface area contributed by atoms with Crippen molar-refractivity contribution in [3.8, 4) is 5.75 Å². The van der Waals surface area contributed by atoms with Crippen LogP contribution in [0.15, 0.2) is 17.1 Å². The Morgan fingerprint density at radius 2 is 2.00 bits per heavy atom. The number of anilines is 1. The van der Waals surface area contributed by atoms with E-state index in [-0.39, 0.29) is 18.0 Å². The molecule has 7 nitrogen and oxygen atoms in total. The van der Waals surface area contributed by atoms with E-state index < -0.39 is 22.8 Å². The Balaban J connectivity index is 2.00. The summed E-state index contributed by atoms with van der Waals surface area (Å²) < 4.78 is 22.5. The molecule has 1 fully saturated rings. The van der Waals surface area contributed by atoms with Gasteiger partial charge in [0.05, 0.1) is 28.5 Å². The lowest BCUT2D eigenvalue weighted by atomic mass is 10.1. The summed E-state index contributed by atoms with van der Waals surface area (Å²) in [5.74, 6) is -1.83. The van der Waals surface area contributed by atoms with Gasteiger partial charge in [0, 0.05) is 32.4 Å². The van der Waals surface area contributed by atoms with E-state index in [2.05, 4.69) is 4.90 Å². The number of aromatic nitrogens is 1. The van der Waals surface area contributed by atoms with Gasteiger partial charge in [-0.1, -0.05) is 0 Å². The molecule has 2 aliphatic rings. The van der Waals surface area contributed by atoms with Crippen LogP contribution in [0.4, 0.5) is 10.1 Å². The Labute approximate surface area is 149 Å². The Morgan fingerprint density at radius 1 is 1.31 bits per heavy atom. The number of pyridine rings is 1. The van der Waals surface area contributed by atoms with Gasteiger partial charge in [-0.05, 0) is 20.0 Å². The molecule has 1 atom stereocenters. The number of piperazine rings is 1. The second kappa shape index (κ2) is 5.98. The molecule has 26 heavy (non-hydrogen) atoms. The zero-order valence-electron chi connectivity index (χ0n) is 14.6. The van der Waals surface area contributed by atoms with Gasteiger partial charge in [0.1, 0.15) is 12.3 Å². The van der Waals surface area contributed by atoms with E-state index in [1.165, 1.54) is 6.20 Å². The van der Waals surface area contributed by atoms with Gasteiger partial charge in [-0.2, -0.15) is 0 Å². The van der Waals surface area contributed by atoms with E-state index in [0.29, 0.717) is 30.0 Å². The summed E-state index contributed by atoms with van der Waals surface area (Å²) in [4.78, 5) is 27.9. The summed E-state index contributed by atoms with van der Waals surface area (Å²) >= 11 is 0. The van der Waals surface area contributed by atoms with E-state index in [9.17, 15) is 19.1 Å². The number of likely N-dealkylation sites (N-methyl/N-ethyl adjacent to an activating group) is 1. The first-order valence-corrected chi connectivity index (χ1v) is 8.57. The lowest BCUT2D eigenvalue weighted by molar-refractivity contribution is -0.255. The number of carbonyl (C=O) groups excluding carboxylic acids is 1. The van der Waals surface area contributed by atoms with Crippen LogP contribution in [0, 0.1) is 5.82 Å². The summed E-state index contributed by atoms with van der Waals surface area (Å²) in [5, 5.41) is 11.3. The van der Waals surface area contributed by atoms with Crippen LogP contribution in [0.5, 0.6) is 5.75 Å². The van der Waals surface area contributed by atoms with E-state index >= 15 is 0 Å². The first-order chi connectivity index (χ1) is 12.4. The van der Waals surface area contributed by atoms with Gasteiger partial charge < -0.3 is 29.0 Å². The number of carboxylic acids is 1. The van der Waals surface area contributed by atoms with Gasteiger partial charge in [0.2, 0.25) is 0 Å². The Kier molecular flexibility index (Phi) is 3.87. The van der Waals surface area contributed by atoms with Crippen LogP contribution in [-0.4, -0.2) is 55.3 Å². The minimum atomic E-state index is -1.57. The SMILES string of the molecule is CC1COc2c(N3CCN(C)CC3)c(F)cc3c(=O)c(C(=O)[O-])cn1c23. The number of carboxylic acid groups (broad SMARTS) is 1. The fraction of sp³-hybridized carbons (Fsp3) is 0.444. The molecule has 1 aromatic heterocycles. The monoisotopic (exact) mass is 360 g/mol. The third-order valence-corrected chi connectivity index (χ3v) is 5.18. The second-order valence-electron chi connectivity index (χ2n) is 6.95. The van der Waals surface area contributed by atoms with Crippen LogP contribution in [0.1, 0.15) is 23.3 Å². The molecule has 0 amide bonds. The first kappa shape index (κ1) is 16.8. The standard InChI is InChI=1S/C18H20FN3O4/c1-10-9-26-17-14-11(16(23)12(18(24)25)8-22(10)14)7-13(19)15(17)21-5-3-20(2)4-6-21/h7-8,10H,3-6,9H2,1-2H3,(H,24,25)/p-1. The molecule has 0 radical (unpaired) electrons. The molecule has 2 aliphatic heterocycles. The lowest BCUT2D eigenvalue weighted by Gasteiger charge is -2.37. The number of nitrogens with zero attached hydrogens (tertiary/aromatic N) is 3. The molecular weight excluding hydrogens is 341 g/mol. The molecule has 0 N–H and O–H groups in total. The van der Waals surface area contributed by atoms with Gasteiger partial charge in [-0.15, -0.1) is 0 Å². The van der Waals surface area contributed by atoms with Gasteiger partial charge in [-0.25, -0.2) is 4.39 Å². The molecule has 1 aromatic carbocycles. The number of rotatable bonds is 2. The van der Waals surface area contributed by atoms with Crippen LogP contribution >= 0.6 is 0 Å². The molecule has 138 valence electrons. The zero-order chi connectivity index (χ0) is 18.6. The summed E-state index contributed by atoms with van der Waals surface area (Å²) in [6, 6.07) is 0.939. The molecule has 0 spiro atoms. The normalized spacial score (nSPS) is 20.3. The van der Waals surface area contributed by atoms with Gasteiger partial charge in [0.15, 0.2) is 17.0 Å². The minimum absolute atomic E-state index is 0.00336. The van der Waals surface area contributed by atoms with Crippen molar-refractivity contribution >= 4 is 22.6 Å². The molecule has 8 heteroatoms. The number of hydrogen-bond acceptors (Lipinski definition) is 6. The third-order valence-electron chi connectivity index (χ3n) is 5.18. The van der Waals surface area contributed by atoms with Crippen LogP contribution in [-0.2, 0) is 0 Å². The van der Waals surface area contributed by atoms with Crippen molar-refractivity contribution in [1.82, 2.24) is 9.47 Å². The molecule has 0 bridgehead atoms. The van der Waals surface area contributed by atoms with Crippen molar-refractivity contribution in [2.45, 2.75) is 13.0 Å². The highest BCUT2D eigenvalue weighted by atomic mass is 19.1. The van der Waals surface area contributed by atoms with Gasteiger partial charge in [0.25, 0.3) is 0 Å². The predicted molar refractivity (Wildman–Crippen MR) is 92.4 cm³/mol. The van der Waals surface area contributed by atoms with Crippen LogP contribution in [0.3, 0.4) is 0 Å². The largest absolute Gasteiger partial charge is 0.545 e. The quantitative estimate of drug-likeness (QED) is 0.762. The summed E-state index contributed by atoms with van der Waals surface area (Å²) in [5.41, 5.74) is -0.441. The fourth-order valence-corrected chi connectivity index (χ4v) is 3.68. The van der Waals surface area contributed by atoms with Crippen molar-refractivity contribution in [2.75, 3.05) is 44.7 Å². The number of hydrogen-bond donors (Lipinski definition) is 0. The number of ether oxygens (including phenoxy) is 1. The van der Waals surface area contributed by atoms with Gasteiger partial charge in [-0.3, -0.25) is 4.79 Å². The Morgan fingerprint density at radius 3 is 2.65 bits per heavy atom. The minimum Gasteiger partial charge on any atom is -0.545 e. The highest BCUT2D eigenvalue weighted by Gasteiger charge is 2.30. The Bertz CT molecular complexity index is 963. The van der Waals surface area contributed by atoms with Crippen LogP contribution in [0.25, 0.3) is 10.9 Å². The molecule has 3 heterocycles. The number of halogens is 1. The predicted octanol–water partition coefficient (Wildman–Crippen LogP) is 0.209. The molecule has 2 aromatic rings. The molecule has 1 saturated heterocycles. The number of aromatic carboxylic acids is 1. The fourth-order valence-electron chi connectivity index (χ4n) is 3.68. The van der Waals surface area contributed by atoms with Crippen molar-refractivity contribution in [1.29, 1.82) is 0 Å². The third kappa shape index (κ3) is 2.44. The van der Waals surface area contributed by atoms with E-state index in [0.717, 1.165) is 19.2 Å². The highest BCUT2D eigenvalue weighted by Crippen LogP contribution is 2.41. The van der Waals surface area contributed by atoms with Crippen molar-refractivity contribution in [3.05, 3.63) is 33.9 Å². The Hall–Kier alpha value is -2.61. The summed E-state index contributed by atoms with van der Waals surface area (Å²) in [6.07, 6.45) is 1.28. The maximum absolute atomic E-state index is 15.0. The van der Waals surface area contributed by atoms with Crippen LogP contribution < -0.4 is 20.2 Å². The topological polar surface area (TPSA) is 77.8 Å². The molecule has 0 aliphatic carbocycles. The highest BCUT2D eigenvalue weighted by molar-refractivity contribution is 5.96. The zero-order valence-corrected chi connectivity index (χ0v) is 14.6. The van der Waals surface area contributed by atoms with Crippen LogP contribution in [0.2, 0.25) is 0 Å². The molecule has 4 rings (SSSR count). The molecule has 1 unspecified atom stereocenters. The number of benzene rings is 1. The smallest absolute Gasteiger partial charge is 0.198 e. The summed E-state index contributed by atoms with van der Waals surface area (Å²) in [7, 11) is 2.01. The average molecular weight is 360 g/mol. The lowest BCUT2D eigenvalue weighted by Crippen LogP contribution is -2.45. The average Bonchev–Trinajstić information content (AvgIpc) is 2.60. The first-order valence-electron chi connectivity index (χ1n) is 8.57. The maximum atomic E-state index is 15.0. The van der Waals surface area contributed by atoms with E-state index in [1.807, 2.05) is 18.9 Å². The molecular formula is C18H19FN3O4-. The summed E-state index contributed by atoms with van der Waals surface area (Å²) in [6.45, 7) is 5.00. The van der Waals surface area contributed by atoms with Crippen molar-refractivity contribution < 1.29 is 19.0 Å². The van der Waals surface area contributed by atoms with E-state index in [1.54, 1.807) is 4.57 Å². The van der Waals surface area contributed by atoms with Crippen molar-refractivity contribution in [2.24, 2.45) is 0 Å². The van der Waals surface area contributed by atoms with Crippen molar-refractivity contribution in [3.63, 3.8) is 0 Å². The maximum Gasteiger partial charge on any atom is 0.198 e.